The summed E-state index contributed by atoms with van der Waals surface area (Å²) in [6.45, 7) is 1.23. The Balaban J connectivity index is 1.87. The van der Waals surface area contributed by atoms with Crippen LogP contribution < -0.4 is 14.8 Å². The van der Waals surface area contributed by atoms with E-state index in [2.05, 4.69) is 5.32 Å². The molecular formula is C20H20N2O5. The number of imide groups is 1. The Hall–Kier alpha value is -3.35. The molecule has 1 N–H and O–H groups in total. The molecule has 0 radical (unpaired) electrons. The average Bonchev–Trinajstić information content (AvgIpc) is 2.92. The van der Waals surface area contributed by atoms with Crippen LogP contribution in [0.3, 0.4) is 0 Å². The minimum absolute atomic E-state index is 0.241. The highest BCUT2D eigenvalue weighted by molar-refractivity contribution is 6.11. The fourth-order valence-corrected chi connectivity index (χ4v) is 3.07. The summed E-state index contributed by atoms with van der Waals surface area (Å²) in [5, 5.41) is 2.68. The third-order valence-corrected chi connectivity index (χ3v) is 4.63. The minimum atomic E-state index is -1.21. The van der Waals surface area contributed by atoms with Gasteiger partial charge >= 0.3 is 6.03 Å². The van der Waals surface area contributed by atoms with Gasteiger partial charge in [-0.05, 0) is 30.7 Å². The summed E-state index contributed by atoms with van der Waals surface area (Å²) in [4.78, 5) is 39.0. The molecular weight excluding hydrogens is 348 g/mol. The summed E-state index contributed by atoms with van der Waals surface area (Å²) in [7, 11) is 2.93. The molecule has 2 aromatic rings. The monoisotopic (exact) mass is 368 g/mol. The molecule has 1 aliphatic rings. The molecule has 1 fully saturated rings. The van der Waals surface area contributed by atoms with Crippen molar-refractivity contribution in [1.82, 2.24) is 10.2 Å². The summed E-state index contributed by atoms with van der Waals surface area (Å²) < 4.78 is 10.4. The highest BCUT2D eigenvalue weighted by atomic mass is 16.5. The number of ether oxygens (including phenoxy) is 2. The molecule has 1 heterocycles. The van der Waals surface area contributed by atoms with E-state index in [4.69, 9.17) is 9.47 Å². The topological polar surface area (TPSA) is 84.9 Å². The zero-order valence-electron chi connectivity index (χ0n) is 15.3. The molecule has 1 saturated heterocycles. The second-order valence-electron chi connectivity index (χ2n) is 6.30. The van der Waals surface area contributed by atoms with Crippen LogP contribution in [-0.4, -0.2) is 43.4 Å². The molecule has 3 amide bonds. The van der Waals surface area contributed by atoms with Gasteiger partial charge in [0, 0.05) is 0 Å². The zero-order valence-corrected chi connectivity index (χ0v) is 15.3. The van der Waals surface area contributed by atoms with Crippen LogP contribution in [-0.2, 0) is 10.3 Å². The number of nitrogens with one attached hydrogen (secondary N) is 1. The number of hydrogen-bond donors (Lipinski definition) is 1. The number of carbonyl (C=O) groups excluding carboxylic acids is 3. The van der Waals surface area contributed by atoms with Crippen LogP contribution in [0.2, 0.25) is 0 Å². The first kappa shape index (κ1) is 18.4. The molecule has 2 aromatic carbocycles. The Morgan fingerprint density at radius 1 is 1.07 bits per heavy atom. The fraction of sp³-hybridized carbons (Fsp3) is 0.250. The number of hydrogen-bond acceptors (Lipinski definition) is 5. The van der Waals surface area contributed by atoms with Gasteiger partial charge in [0.15, 0.2) is 5.78 Å². The van der Waals surface area contributed by atoms with E-state index in [-0.39, 0.29) is 5.56 Å². The number of ketones is 1. The first-order valence-corrected chi connectivity index (χ1v) is 8.35. The van der Waals surface area contributed by atoms with Gasteiger partial charge in [0.2, 0.25) is 0 Å². The van der Waals surface area contributed by atoms with Gasteiger partial charge in [-0.25, -0.2) is 4.79 Å². The zero-order chi connectivity index (χ0) is 19.6. The van der Waals surface area contributed by atoms with Crippen molar-refractivity contribution in [2.45, 2.75) is 12.5 Å². The Labute approximate surface area is 156 Å². The standard InChI is InChI=1S/C20H20N2O5/c1-20(13-7-5-4-6-8-13)18(24)22(19(25)21-20)12-16(23)15-11-14(26-2)9-10-17(15)27-3/h4-11H,12H2,1-3H3,(H,21,25)/t20-/m1/s1. The summed E-state index contributed by atoms with van der Waals surface area (Å²) in [6, 6.07) is 13.1. The van der Waals surface area contributed by atoms with E-state index in [0.717, 1.165) is 4.90 Å². The lowest BCUT2D eigenvalue weighted by atomic mass is 9.92. The van der Waals surface area contributed by atoms with E-state index < -0.39 is 29.8 Å². The van der Waals surface area contributed by atoms with Crippen molar-refractivity contribution >= 4 is 17.7 Å². The molecule has 0 spiro atoms. The molecule has 7 heteroatoms. The van der Waals surface area contributed by atoms with Crippen molar-refractivity contribution in [1.29, 1.82) is 0 Å². The maximum atomic E-state index is 12.9. The number of carbonyl (C=O) groups is 3. The molecule has 0 unspecified atom stereocenters. The van der Waals surface area contributed by atoms with Crippen LogP contribution in [0.15, 0.2) is 48.5 Å². The van der Waals surface area contributed by atoms with Crippen molar-refractivity contribution in [2.75, 3.05) is 20.8 Å². The maximum Gasteiger partial charge on any atom is 0.325 e. The molecule has 0 aliphatic carbocycles. The lowest BCUT2D eigenvalue weighted by Crippen LogP contribution is -2.41. The first-order chi connectivity index (χ1) is 12.9. The largest absolute Gasteiger partial charge is 0.497 e. The minimum Gasteiger partial charge on any atom is -0.497 e. The number of nitrogens with zero attached hydrogens (tertiary/aromatic N) is 1. The molecule has 7 nitrogen and oxygen atoms in total. The number of Topliss-reactive ketones (excluding diaryl/α,β-unsaturated/α-hetero) is 1. The van der Waals surface area contributed by atoms with Crippen molar-refractivity contribution in [3.63, 3.8) is 0 Å². The maximum absolute atomic E-state index is 12.9. The van der Waals surface area contributed by atoms with Gasteiger partial charge in [-0.1, -0.05) is 30.3 Å². The van der Waals surface area contributed by atoms with Crippen LogP contribution in [0.25, 0.3) is 0 Å². The average molecular weight is 368 g/mol. The van der Waals surface area contributed by atoms with Gasteiger partial charge in [0.05, 0.1) is 26.3 Å². The van der Waals surface area contributed by atoms with E-state index in [1.807, 2.05) is 6.07 Å². The molecule has 0 bridgehead atoms. The van der Waals surface area contributed by atoms with E-state index in [1.165, 1.54) is 20.3 Å². The molecule has 0 saturated carbocycles. The van der Waals surface area contributed by atoms with Crippen molar-refractivity contribution in [3.05, 3.63) is 59.7 Å². The predicted molar refractivity (Wildman–Crippen MR) is 97.9 cm³/mol. The summed E-state index contributed by atoms with van der Waals surface area (Å²) in [5.74, 6) is -0.0791. The quantitative estimate of drug-likeness (QED) is 0.625. The van der Waals surface area contributed by atoms with Crippen molar-refractivity contribution in [3.8, 4) is 11.5 Å². The number of methoxy groups -OCH3 is 2. The van der Waals surface area contributed by atoms with E-state index in [1.54, 1.807) is 43.3 Å². The molecule has 1 atom stereocenters. The lowest BCUT2D eigenvalue weighted by molar-refractivity contribution is -0.130. The van der Waals surface area contributed by atoms with Crippen LogP contribution >= 0.6 is 0 Å². The van der Waals surface area contributed by atoms with Gasteiger partial charge in [-0.3, -0.25) is 14.5 Å². The molecule has 3 rings (SSSR count). The molecule has 0 aromatic heterocycles. The van der Waals surface area contributed by atoms with Crippen LogP contribution in [0.5, 0.6) is 11.5 Å². The summed E-state index contributed by atoms with van der Waals surface area (Å²) in [6.07, 6.45) is 0. The second kappa shape index (κ2) is 7.11. The predicted octanol–water partition coefficient (Wildman–Crippen LogP) is 2.35. The number of benzene rings is 2. The summed E-state index contributed by atoms with van der Waals surface area (Å²) >= 11 is 0. The van der Waals surface area contributed by atoms with Crippen molar-refractivity contribution in [2.24, 2.45) is 0 Å². The summed E-state index contributed by atoms with van der Waals surface area (Å²) in [5.41, 5.74) is -0.320. The second-order valence-corrected chi connectivity index (χ2v) is 6.30. The third kappa shape index (κ3) is 3.23. The molecule has 1 aliphatic heterocycles. The first-order valence-electron chi connectivity index (χ1n) is 8.35. The van der Waals surface area contributed by atoms with Gasteiger partial charge < -0.3 is 14.8 Å². The van der Waals surface area contributed by atoms with Gasteiger partial charge in [0.25, 0.3) is 5.91 Å². The Kier molecular flexibility index (Phi) is 4.85. The highest BCUT2D eigenvalue weighted by Gasteiger charge is 2.49. The van der Waals surface area contributed by atoms with Gasteiger partial charge in [0.1, 0.15) is 17.0 Å². The Bertz CT molecular complexity index is 897. The Morgan fingerprint density at radius 2 is 1.78 bits per heavy atom. The van der Waals surface area contributed by atoms with E-state index in [9.17, 15) is 14.4 Å². The number of amides is 3. The fourth-order valence-electron chi connectivity index (χ4n) is 3.07. The highest BCUT2D eigenvalue weighted by Crippen LogP contribution is 2.30. The van der Waals surface area contributed by atoms with E-state index >= 15 is 0 Å². The van der Waals surface area contributed by atoms with Crippen LogP contribution in [0, 0.1) is 0 Å². The third-order valence-electron chi connectivity index (χ3n) is 4.63. The van der Waals surface area contributed by atoms with Crippen LogP contribution in [0.4, 0.5) is 4.79 Å². The molecule has 140 valence electrons. The van der Waals surface area contributed by atoms with Gasteiger partial charge in [-0.2, -0.15) is 0 Å². The van der Waals surface area contributed by atoms with E-state index in [0.29, 0.717) is 17.1 Å². The Morgan fingerprint density at radius 3 is 2.41 bits per heavy atom. The van der Waals surface area contributed by atoms with Crippen molar-refractivity contribution < 1.29 is 23.9 Å². The van der Waals surface area contributed by atoms with Crippen LogP contribution in [0.1, 0.15) is 22.8 Å². The molecule has 27 heavy (non-hydrogen) atoms. The normalized spacial score (nSPS) is 19.0. The van der Waals surface area contributed by atoms with Gasteiger partial charge in [-0.15, -0.1) is 0 Å². The lowest BCUT2D eigenvalue weighted by Gasteiger charge is -2.22. The number of urea groups is 1. The number of rotatable bonds is 6. The SMILES string of the molecule is COc1ccc(OC)c(C(=O)CN2C(=O)N[C@](C)(c3ccccc3)C2=O)c1. The smallest absolute Gasteiger partial charge is 0.325 e.